The van der Waals surface area contributed by atoms with Crippen LogP contribution in [0.4, 0.5) is 0 Å². The summed E-state index contributed by atoms with van der Waals surface area (Å²) < 4.78 is 5.32. The fourth-order valence-electron chi connectivity index (χ4n) is 1.86. The number of aliphatic imine (C=N–C) groups is 1. The van der Waals surface area contributed by atoms with Crippen molar-refractivity contribution in [2.75, 3.05) is 6.61 Å². The third-order valence-electron chi connectivity index (χ3n) is 2.79. The summed E-state index contributed by atoms with van der Waals surface area (Å²) in [6, 6.07) is -0.730. The van der Waals surface area contributed by atoms with Gasteiger partial charge in [0.05, 0.1) is 6.61 Å². The third kappa shape index (κ3) is 5.02. The van der Waals surface area contributed by atoms with Crippen LogP contribution < -0.4 is 10.6 Å². The molecule has 1 atom stereocenters. The van der Waals surface area contributed by atoms with E-state index in [1.807, 2.05) is 6.92 Å². The van der Waals surface area contributed by atoms with Crippen molar-refractivity contribution in [3.8, 4) is 0 Å². The molecule has 7 heteroatoms. The lowest BCUT2D eigenvalue weighted by Gasteiger charge is -2.22. The largest absolute Gasteiger partial charge is 0.496 e. The normalized spacial score (nSPS) is 19.3. The molecule has 1 rings (SSSR count). The molecule has 0 radical (unpaired) electrons. The highest BCUT2D eigenvalue weighted by Gasteiger charge is 2.29. The van der Waals surface area contributed by atoms with Gasteiger partial charge in [-0.05, 0) is 34.1 Å². The Kier molecular flexibility index (Phi) is 6.08. The minimum Gasteiger partial charge on any atom is -0.496 e. The number of amides is 3. The molecule has 1 fully saturated rings. The van der Waals surface area contributed by atoms with E-state index in [-0.39, 0.29) is 24.4 Å². The Morgan fingerprint density at radius 1 is 1.38 bits per heavy atom. The van der Waals surface area contributed by atoms with Gasteiger partial charge in [-0.1, -0.05) is 0 Å². The number of carbonyl (C=O) groups excluding carboxylic acids is 3. The Morgan fingerprint density at radius 2 is 2.05 bits per heavy atom. The van der Waals surface area contributed by atoms with E-state index in [9.17, 15) is 14.4 Å². The molecular weight excluding hydrogens is 274 g/mol. The topological polar surface area (TPSA) is 96.9 Å². The SMILES string of the molecule is CCO/C(C)=C(/N=C(C)C)C(=O)NC1CCC(=O)NC1=O. The molecule has 7 nitrogen and oxygen atoms in total. The summed E-state index contributed by atoms with van der Waals surface area (Å²) in [7, 11) is 0. The highest BCUT2D eigenvalue weighted by molar-refractivity contribution is 6.04. The van der Waals surface area contributed by atoms with Gasteiger partial charge < -0.3 is 10.1 Å². The van der Waals surface area contributed by atoms with Gasteiger partial charge in [-0.2, -0.15) is 0 Å². The predicted octanol–water partition coefficient (Wildman–Crippen LogP) is 0.657. The molecule has 0 aromatic rings. The summed E-state index contributed by atoms with van der Waals surface area (Å²) in [6.07, 6.45) is 0.489. The van der Waals surface area contributed by atoms with Gasteiger partial charge in [-0.3, -0.25) is 19.7 Å². The number of nitrogens with one attached hydrogen (secondary N) is 2. The van der Waals surface area contributed by atoms with Crippen LogP contribution in [0, 0.1) is 0 Å². The van der Waals surface area contributed by atoms with Crippen molar-refractivity contribution in [1.29, 1.82) is 0 Å². The highest BCUT2D eigenvalue weighted by Crippen LogP contribution is 2.11. The number of nitrogens with zero attached hydrogens (tertiary/aromatic N) is 1. The Hall–Kier alpha value is -2.18. The minimum absolute atomic E-state index is 0.140. The van der Waals surface area contributed by atoms with E-state index in [2.05, 4.69) is 15.6 Å². The molecule has 1 aliphatic rings. The van der Waals surface area contributed by atoms with E-state index >= 15 is 0 Å². The summed E-state index contributed by atoms with van der Waals surface area (Å²) in [5.74, 6) is -0.917. The maximum atomic E-state index is 12.3. The van der Waals surface area contributed by atoms with Gasteiger partial charge in [0.15, 0.2) is 5.70 Å². The fourth-order valence-corrected chi connectivity index (χ4v) is 1.86. The molecule has 0 spiro atoms. The standard InChI is InChI=1S/C14H21N3O4/c1-5-21-9(4)12(15-8(2)3)14(20)16-10-6-7-11(18)17-13(10)19/h10H,5-7H2,1-4H3,(H,16,20)(H,17,18,19)/b12-9+. The molecule has 116 valence electrons. The smallest absolute Gasteiger partial charge is 0.274 e. The second kappa shape index (κ2) is 7.56. The summed E-state index contributed by atoms with van der Waals surface area (Å²) in [5, 5.41) is 4.78. The van der Waals surface area contributed by atoms with Crippen LogP contribution in [-0.2, 0) is 19.1 Å². The number of imide groups is 1. The molecular formula is C14H21N3O4. The monoisotopic (exact) mass is 295 g/mol. The maximum Gasteiger partial charge on any atom is 0.274 e. The summed E-state index contributed by atoms with van der Waals surface area (Å²) in [6.45, 7) is 7.40. The Bertz CT molecular complexity index is 504. The van der Waals surface area contributed by atoms with E-state index in [4.69, 9.17) is 4.74 Å². The third-order valence-corrected chi connectivity index (χ3v) is 2.79. The van der Waals surface area contributed by atoms with Crippen LogP contribution in [0.5, 0.6) is 0 Å². The van der Waals surface area contributed by atoms with Gasteiger partial charge in [-0.25, -0.2) is 4.99 Å². The first-order valence-corrected chi connectivity index (χ1v) is 6.85. The van der Waals surface area contributed by atoms with E-state index in [1.165, 1.54) is 0 Å². The lowest BCUT2D eigenvalue weighted by atomic mass is 10.1. The number of carbonyl (C=O) groups is 3. The van der Waals surface area contributed by atoms with Crippen molar-refractivity contribution in [2.45, 2.75) is 46.6 Å². The zero-order valence-electron chi connectivity index (χ0n) is 12.8. The quantitative estimate of drug-likeness (QED) is 0.337. The average Bonchev–Trinajstić information content (AvgIpc) is 2.39. The van der Waals surface area contributed by atoms with Crippen LogP contribution in [0.3, 0.4) is 0 Å². The molecule has 0 aromatic heterocycles. The highest BCUT2D eigenvalue weighted by atomic mass is 16.5. The van der Waals surface area contributed by atoms with Crippen LogP contribution in [0.1, 0.15) is 40.5 Å². The summed E-state index contributed by atoms with van der Waals surface area (Å²) in [5.41, 5.74) is 0.837. The molecule has 21 heavy (non-hydrogen) atoms. The first-order chi connectivity index (χ1) is 9.85. The van der Waals surface area contributed by atoms with Gasteiger partial charge in [-0.15, -0.1) is 0 Å². The first kappa shape index (κ1) is 16.9. The van der Waals surface area contributed by atoms with Crippen molar-refractivity contribution in [1.82, 2.24) is 10.6 Å². The lowest BCUT2D eigenvalue weighted by Crippen LogP contribution is -2.52. The number of rotatable bonds is 5. The van der Waals surface area contributed by atoms with Crippen LogP contribution in [0.2, 0.25) is 0 Å². The van der Waals surface area contributed by atoms with Crippen LogP contribution >= 0.6 is 0 Å². The van der Waals surface area contributed by atoms with Gasteiger partial charge in [0.1, 0.15) is 11.8 Å². The van der Waals surface area contributed by atoms with Gasteiger partial charge in [0.2, 0.25) is 11.8 Å². The van der Waals surface area contributed by atoms with E-state index in [0.717, 1.165) is 0 Å². The molecule has 1 heterocycles. The van der Waals surface area contributed by atoms with Crippen molar-refractivity contribution in [2.24, 2.45) is 4.99 Å². The zero-order valence-corrected chi connectivity index (χ0v) is 12.8. The first-order valence-electron chi connectivity index (χ1n) is 6.85. The number of ether oxygens (including phenoxy) is 1. The maximum absolute atomic E-state index is 12.3. The van der Waals surface area contributed by atoms with Crippen molar-refractivity contribution < 1.29 is 19.1 Å². The van der Waals surface area contributed by atoms with Gasteiger partial charge in [0.25, 0.3) is 5.91 Å². The average molecular weight is 295 g/mol. The van der Waals surface area contributed by atoms with Crippen LogP contribution in [-0.4, -0.2) is 36.1 Å². The fraction of sp³-hybridized carbons (Fsp3) is 0.571. The molecule has 0 bridgehead atoms. The predicted molar refractivity (Wildman–Crippen MR) is 77.4 cm³/mol. The molecule has 0 saturated carbocycles. The van der Waals surface area contributed by atoms with E-state index < -0.39 is 17.9 Å². The van der Waals surface area contributed by atoms with E-state index in [1.54, 1.807) is 20.8 Å². The molecule has 1 aliphatic heterocycles. The van der Waals surface area contributed by atoms with Gasteiger partial charge >= 0.3 is 0 Å². The molecule has 1 unspecified atom stereocenters. The Labute approximate surface area is 123 Å². The summed E-state index contributed by atoms with van der Waals surface area (Å²) >= 11 is 0. The Morgan fingerprint density at radius 3 is 2.57 bits per heavy atom. The van der Waals surface area contributed by atoms with E-state index in [0.29, 0.717) is 18.1 Å². The molecule has 0 aliphatic carbocycles. The lowest BCUT2D eigenvalue weighted by molar-refractivity contribution is -0.136. The molecule has 0 aromatic carbocycles. The van der Waals surface area contributed by atoms with Crippen molar-refractivity contribution in [3.05, 3.63) is 11.5 Å². The molecule has 1 saturated heterocycles. The number of piperidine rings is 1. The zero-order chi connectivity index (χ0) is 16.0. The Balaban J connectivity index is 2.87. The van der Waals surface area contributed by atoms with Crippen molar-refractivity contribution >= 4 is 23.4 Å². The minimum atomic E-state index is -0.730. The second-order valence-electron chi connectivity index (χ2n) is 4.87. The van der Waals surface area contributed by atoms with Crippen LogP contribution in [0.15, 0.2) is 16.4 Å². The molecule has 3 amide bonds. The van der Waals surface area contributed by atoms with Gasteiger partial charge in [0, 0.05) is 12.1 Å². The summed E-state index contributed by atoms with van der Waals surface area (Å²) in [4.78, 5) is 39.2. The van der Waals surface area contributed by atoms with Crippen LogP contribution in [0.25, 0.3) is 0 Å². The molecule has 2 N–H and O–H groups in total. The second-order valence-corrected chi connectivity index (χ2v) is 4.87. The van der Waals surface area contributed by atoms with Crippen molar-refractivity contribution in [3.63, 3.8) is 0 Å². The number of hydrogen-bond acceptors (Lipinski definition) is 5. The number of hydrogen-bond donors (Lipinski definition) is 2. The number of allylic oxidation sites excluding steroid dienone is 1.